The lowest BCUT2D eigenvalue weighted by molar-refractivity contribution is -0.133. The van der Waals surface area contributed by atoms with Gasteiger partial charge in [-0.25, -0.2) is 0 Å². The number of hydrogen-bond acceptors (Lipinski definition) is 3. The number of hydrogen-bond donors (Lipinski definition) is 2. The Bertz CT molecular complexity index is 762. The fraction of sp³-hybridized carbons (Fsp3) is 0.524. The van der Waals surface area contributed by atoms with Gasteiger partial charge in [-0.3, -0.25) is 14.5 Å². The van der Waals surface area contributed by atoms with Crippen LogP contribution in [0, 0.1) is 0 Å². The Kier molecular flexibility index (Phi) is 6.87. The van der Waals surface area contributed by atoms with E-state index in [1.165, 1.54) is 10.9 Å². The molecule has 1 aliphatic rings. The van der Waals surface area contributed by atoms with Gasteiger partial charge in [0.1, 0.15) is 0 Å². The van der Waals surface area contributed by atoms with E-state index in [-0.39, 0.29) is 11.8 Å². The van der Waals surface area contributed by atoms with Crippen molar-refractivity contribution in [2.75, 3.05) is 39.3 Å². The molecule has 6 heteroatoms. The largest absolute Gasteiger partial charge is 0.361 e. The number of carbonyl (C=O) groups excluding carboxylic acids is 2. The molecule has 0 bridgehead atoms. The van der Waals surface area contributed by atoms with Crippen molar-refractivity contribution in [3.63, 3.8) is 0 Å². The predicted octanol–water partition coefficient (Wildman–Crippen LogP) is 2.16. The van der Waals surface area contributed by atoms with Crippen LogP contribution in [0.25, 0.3) is 10.9 Å². The molecule has 146 valence electrons. The van der Waals surface area contributed by atoms with Crippen LogP contribution in [0.15, 0.2) is 30.5 Å². The third-order valence-corrected chi connectivity index (χ3v) is 5.18. The second-order valence-electron chi connectivity index (χ2n) is 7.22. The highest BCUT2D eigenvalue weighted by Gasteiger charge is 2.22. The zero-order valence-electron chi connectivity index (χ0n) is 16.2. The summed E-state index contributed by atoms with van der Waals surface area (Å²) in [4.78, 5) is 31.6. The first-order valence-corrected chi connectivity index (χ1v) is 9.99. The van der Waals surface area contributed by atoms with Gasteiger partial charge in [0, 0.05) is 56.2 Å². The fourth-order valence-electron chi connectivity index (χ4n) is 3.61. The summed E-state index contributed by atoms with van der Waals surface area (Å²) < 4.78 is 0. The SMILES string of the molecule is CCCNC(=O)CN1CCN(C(=O)CCCc2c[nH]c3ccccc23)CC1. The minimum absolute atomic E-state index is 0.0790. The van der Waals surface area contributed by atoms with Gasteiger partial charge in [-0.05, 0) is 30.9 Å². The molecule has 0 aliphatic carbocycles. The van der Waals surface area contributed by atoms with Crippen LogP contribution in [0.5, 0.6) is 0 Å². The predicted molar refractivity (Wildman–Crippen MR) is 108 cm³/mol. The molecule has 1 saturated heterocycles. The quantitative estimate of drug-likeness (QED) is 0.748. The number of para-hydroxylation sites is 1. The zero-order chi connectivity index (χ0) is 19.1. The van der Waals surface area contributed by atoms with E-state index < -0.39 is 0 Å². The lowest BCUT2D eigenvalue weighted by Gasteiger charge is -2.34. The van der Waals surface area contributed by atoms with Crippen LogP contribution < -0.4 is 5.32 Å². The van der Waals surface area contributed by atoms with Gasteiger partial charge in [0.25, 0.3) is 0 Å². The third-order valence-electron chi connectivity index (χ3n) is 5.18. The molecule has 3 rings (SSSR count). The van der Waals surface area contributed by atoms with Crippen molar-refractivity contribution in [3.8, 4) is 0 Å². The average molecular weight is 370 g/mol. The van der Waals surface area contributed by atoms with Gasteiger partial charge in [-0.1, -0.05) is 25.1 Å². The van der Waals surface area contributed by atoms with Gasteiger partial charge in [0.05, 0.1) is 6.54 Å². The lowest BCUT2D eigenvalue weighted by Crippen LogP contribution is -2.51. The fourth-order valence-corrected chi connectivity index (χ4v) is 3.61. The molecule has 2 heterocycles. The van der Waals surface area contributed by atoms with Crippen LogP contribution in [-0.2, 0) is 16.0 Å². The van der Waals surface area contributed by atoms with Gasteiger partial charge in [-0.15, -0.1) is 0 Å². The number of benzene rings is 1. The minimum Gasteiger partial charge on any atom is -0.361 e. The topological polar surface area (TPSA) is 68.4 Å². The number of carbonyl (C=O) groups is 2. The minimum atomic E-state index is 0.0790. The number of nitrogens with one attached hydrogen (secondary N) is 2. The van der Waals surface area contributed by atoms with Gasteiger partial charge in [0.2, 0.25) is 11.8 Å². The molecule has 1 fully saturated rings. The van der Waals surface area contributed by atoms with E-state index in [1.807, 2.05) is 24.0 Å². The number of piperazine rings is 1. The summed E-state index contributed by atoms with van der Waals surface area (Å²) >= 11 is 0. The molecule has 1 aliphatic heterocycles. The standard InChI is InChI=1S/C21H30N4O2/c1-2-10-22-20(26)16-24-11-13-25(14-12-24)21(27)9-5-6-17-15-23-19-8-4-3-7-18(17)19/h3-4,7-8,15,23H,2,5-6,9-14,16H2,1H3,(H,22,26). The molecule has 0 saturated carbocycles. The molecule has 0 radical (unpaired) electrons. The monoisotopic (exact) mass is 370 g/mol. The highest BCUT2D eigenvalue weighted by Crippen LogP contribution is 2.19. The molecule has 27 heavy (non-hydrogen) atoms. The van der Waals surface area contributed by atoms with Gasteiger partial charge in [-0.2, -0.15) is 0 Å². The summed E-state index contributed by atoms with van der Waals surface area (Å²) in [6.07, 6.45) is 5.36. The highest BCUT2D eigenvalue weighted by atomic mass is 16.2. The maximum Gasteiger partial charge on any atom is 0.234 e. The number of aryl methyl sites for hydroxylation is 1. The molecule has 0 spiro atoms. The number of fused-ring (bicyclic) bond motifs is 1. The summed E-state index contributed by atoms with van der Waals surface area (Å²) in [5.41, 5.74) is 2.43. The molecule has 1 aromatic heterocycles. The Morgan fingerprint density at radius 1 is 1.15 bits per heavy atom. The highest BCUT2D eigenvalue weighted by molar-refractivity contribution is 5.83. The second-order valence-corrected chi connectivity index (χ2v) is 7.22. The Balaban J connectivity index is 1.38. The normalized spacial score (nSPS) is 15.2. The molecule has 0 unspecified atom stereocenters. The van der Waals surface area contributed by atoms with Crippen LogP contribution >= 0.6 is 0 Å². The lowest BCUT2D eigenvalue weighted by atomic mass is 10.1. The van der Waals surface area contributed by atoms with Crippen molar-refractivity contribution in [1.82, 2.24) is 20.1 Å². The van der Waals surface area contributed by atoms with Crippen molar-refractivity contribution >= 4 is 22.7 Å². The Labute approximate surface area is 160 Å². The van der Waals surface area contributed by atoms with E-state index >= 15 is 0 Å². The van der Waals surface area contributed by atoms with E-state index in [1.54, 1.807) is 0 Å². The van der Waals surface area contributed by atoms with Crippen LogP contribution in [0.1, 0.15) is 31.7 Å². The summed E-state index contributed by atoms with van der Waals surface area (Å²) in [5.74, 6) is 0.306. The zero-order valence-corrected chi connectivity index (χ0v) is 16.2. The van der Waals surface area contributed by atoms with E-state index in [0.29, 0.717) is 26.1 Å². The van der Waals surface area contributed by atoms with Gasteiger partial charge >= 0.3 is 0 Å². The maximum atomic E-state index is 12.5. The first-order chi connectivity index (χ1) is 13.2. The summed E-state index contributed by atoms with van der Waals surface area (Å²) in [6.45, 7) is 6.18. The Hall–Kier alpha value is -2.34. The van der Waals surface area contributed by atoms with Crippen molar-refractivity contribution in [2.24, 2.45) is 0 Å². The van der Waals surface area contributed by atoms with Crippen LogP contribution in [-0.4, -0.2) is 65.9 Å². The number of H-pyrrole nitrogens is 1. The third kappa shape index (κ3) is 5.32. The van der Waals surface area contributed by atoms with Crippen molar-refractivity contribution in [1.29, 1.82) is 0 Å². The molecule has 0 atom stereocenters. The summed E-state index contributed by atoms with van der Waals surface area (Å²) in [5, 5.41) is 4.15. The molecular formula is C21H30N4O2. The number of aromatic amines is 1. The van der Waals surface area contributed by atoms with Crippen LogP contribution in [0.4, 0.5) is 0 Å². The van der Waals surface area contributed by atoms with E-state index in [9.17, 15) is 9.59 Å². The van der Waals surface area contributed by atoms with Gasteiger partial charge < -0.3 is 15.2 Å². The first kappa shape index (κ1) is 19.4. The van der Waals surface area contributed by atoms with E-state index in [4.69, 9.17) is 0 Å². The molecule has 6 nitrogen and oxygen atoms in total. The molecule has 2 N–H and O–H groups in total. The Morgan fingerprint density at radius 2 is 1.93 bits per heavy atom. The summed E-state index contributed by atoms with van der Waals surface area (Å²) in [7, 11) is 0. The van der Waals surface area contributed by atoms with Crippen LogP contribution in [0.3, 0.4) is 0 Å². The molecule has 2 amide bonds. The summed E-state index contributed by atoms with van der Waals surface area (Å²) in [6, 6.07) is 8.27. The molecule has 2 aromatic rings. The van der Waals surface area contributed by atoms with E-state index in [0.717, 1.165) is 44.4 Å². The van der Waals surface area contributed by atoms with Crippen molar-refractivity contribution < 1.29 is 9.59 Å². The maximum absolute atomic E-state index is 12.5. The van der Waals surface area contributed by atoms with E-state index in [2.05, 4.69) is 33.5 Å². The number of amides is 2. The number of nitrogens with zero attached hydrogens (tertiary/aromatic N) is 2. The average Bonchev–Trinajstić information content (AvgIpc) is 3.10. The smallest absolute Gasteiger partial charge is 0.234 e. The Morgan fingerprint density at radius 3 is 2.70 bits per heavy atom. The molecular weight excluding hydrogens is 340 g/mol. The van der Waals surface area contributed by atoms with Crippen molar-refractivity contribution in [3.05, 3.63) is 36.0 Å². The molecule has 1 aromatic carbocycles. The first-order valence-electron chi connectivity index (χ1n) is 9.99. The number of rotatable bonds is 8. The van der Waals surface area contributed by atoms with Gasteiger partial charge in [0.15, 0.2) is 0 Å². The number of aromatic nitrogens is 1. The second kappa shape index (κ2) is 9.55. The van der Waals surface area contributed by atoms with Crippen molar-refractivity contribution in [2.45, 2.75) is 32.6 Å². The van der Waals surface area contributed by atoms with Crippen LogP contribution in [0.2, 0.25) is 0 Å².